The van der Waals surface area contributed by atoms with Gasteiger partial charge in [-0.3, -0.25) is 0 Å². The zero-order chi connectivity index (χ0) is 15.0. The lowest BCUT2D eigenvalue weighted by molar-refractivity contribution is 0.0340. The molecule has 0 saturated heterocycles. The monoisotopic (exact) mass is 279 g/mol. The SMILES string of the molecule is CC(C)(C)NCC1CCC(C(C)(C)C)CC1C1CCC1. The summed E-state index contributed by atoms with van der Waals surface area (Å²) in [5.74, 6) is 3.92. The van der Waals surface area contributed by atoms with E-state index in [0.717, 1.165) is 23.7 Å². The number of rotatable bonds is 3. The zero-order valence-electron chi connectivity index (χ0n) is 14.8. The standard InChI is InChI=1S/C19H37N/c1-18(2,3)16-11-10-15(13-20-19(4,5)6)17(12-16)14-8-7-9-14/h14-17,20H,7-13H2,1-6H3. The van der Waals surface area contributed by atoms with Gasteiger partial charge in [0, 0.05) is 5.54 Å². The normalized spacial score (nSPS) is 33.0. The highest BCUT2D eigenvalue weighted by Crippen LogP contribution is 2.49. The Labute approximate surface area is 127 Å². The van der Waals surface area contributed by atoms with E-state index in [-0.39, 0.29) is 5.54 Å². The van der Waals surface area contributed by atoms with E-state index < -0.39 is 0 Å². The minimum Gasteiger partial charge on any atom is -0.312 e. The lowest BCUT2D eigenvalue weighted by atomic mass is 9.59. The van der Waals surface area contributed by atoms with Gasteiger partial charge in [-0.25, -0.2) is 0 Å². The third-order valence-corrected chi connectivity index (χ3v) is 5.92. The molecule has 2 aliphatic carbocycles. The van der Waals surface area contributed by atoms with Gasteiger partial charge in [-0.15, -0.1) is 0 Å². The Hall–Kier alpha value is -0.0400. The van der Waals surface area contributed by atoms with Crippen LogP contribution in [-0.2, 0) is 0 Å². The van der Waals surface area contributed by atoms with Crippen molar-refractivity contribution in [1.82, 2.24) is 5.32 Å². The minimum absolute atomic E-state index is 0.269. The summed E-state index contributed by atoms with van der Waals surface area (Å²) < 4.78 is 0. The Bertz CT molecular complexity index is 303. The molecule has 0 aromatic heterocycles. The van der Waals surface area contributed by atoms with Crippen molar-refractivity contribution in [2.24, 2.45) is 29.1 Å². The first-order chi connectivity index (χ1) is 9.17. The maximum atomic E-state index is 3.78. The molecule has 0 amide bonds. The Morgan fingerprint density at radius 1 is 0.900 bits per heavy atom. The summed E-state index contributed by atoms with van der Waals surface area (Å²) in [6, 6.07) is 0. The summed E-state index contributed by atoms with van der Waals surface area (Å²) >= 11 is 0. The highest BCUT2D eigenvalue weighted by molar-refractivity contribution is 4.92. The molecule has 2 saturated carbocycles. The van der Waals surface area contributed by atoms with E-state index in [2.05, 4.69) is 46.9 Å². The summed E-state index contributed by atoms with van der Waals surface area (Å²) in [5, 5.41) is 3.78. The van der Waals surface area contributed by atoms with Gasteiger partial charge >= 0.3 is 0 Å². The molecule has 3 atom stereocenters. The Kier molecular flexibility index (Phi) is 4.89. The lowest BCUT2D eigenvalue weighted by Crippen LogP contribution is -2.45. The van der Waals surface area contributed by atoms with Gasteiger partial charge in [0.05, 0.1) is 0 Å². The largest absolute Gasteiger partial charge is 0.312 e. The fraction of sp³-hybridized carbons (Fsp3) is 1.00. The van der Waals surface area contributed by atoms with Crippen molar-refractivity contribution in [3.63, 3.8) is 0 Å². The molecule has 1 N–H and O–H groups in total. The average molecular weight is 280 g/mol. The van der Waals surface area contributed by atoms with Crippen LogP contribution in [-0.4, -0.2) is 12.1 Å². The Morgan fingerprint density at radius 3 is 2.00 bits per heavy atom. The van der Waals surface area contributed by atoms with Crippen LogP contribution in [0.5, 0.6) is 0 Å². The van der Waals surface area contributed by atoms with Crippen LogP contribution in [0.15, 0.2) is 0 Å². The predicted molar refractivity (Wildman–Crippen MR) is 88.9 cm³/mol. The molecule has 2 rings (SSSR count). The van der Waals surface area contributed by atoms with Gasteiger partial charge in [-0.05, 0) is 75.7 Å². The minimum atomic E-state index is 0.269. The number of hydrogen-bond acceptors (Lipinski definition) is 1. The first kappa shape index (κ1) is 16.3. The highest BCUT2D eigenvalue weighted by atomic mass is 14.9. The summed E-state index contributed by atoms with van der Waals surface area (Å²) in [4.78, 5) is 0. The summed E-state index contributed by atoms with van der Waals surface area (Å²) in [7, 11) is 0. The third kappa shape index (κ3) is 4.23. The van der Waals surface area contributed by atoms with Crippen molar-refractivity contribution in [3.8, 4) is 0 Å². The maximum absolute atomic E-state index is 3.78. The second kappa shape index (κ2) is 5.99. The molecule has 0 aliphatic heterocycles. The van der Waals surface area contributed by atoms with Crippen LogP contribution < -0.4 is 5.32 Å². The summed E-state index contributed by atoms with van der Waals surface area (Å²) in [6.07, 6.45) is 8.89. The summed E-state index contributed by atoms with van der Waals surface area (Å²) in [5.41, 5.74) is 0.773. The van der Waals surface area contributed by atoms with Crippen molar-refractivity contribution in [3.05, 3.63) is 0 Å². The van der Waals surface area contributed by atoms with Gasteiger partial charge in [-0.1, -0.05) is 40.0 Å². The van der Waals surface area contributed by atoms with Crippen LogP contribution in [0.2, 0.25) is 0 Å². The number of nitrogens with one attached hydrogen (secondary N) is 1. The maximum Gasteiger partial charge on any atom is 0.00966 e. The van der Waals surface area contributed by atoms with Crippen LogP contribution >= 0.6 is 0 Å². The van der Waals surface area contributed by atoms with Crippen LogP contribution in [0.25, 0.3) is 0 Å². The van der Waals surface area contributed by atoms with Gasteiger partial charge in [0.1, 0.15) is 0 Å². The topological polar surface area (TPSA) is 12.0 Å². The smallest absolute Gasteiger partial charge is 0.00966 e. The molecule has 0 aromatic carbocycles. The predicted octanol–water partition coefficient (Wildman–Crippen LogP) is 5.25. The van der Waals surface area contributed by atoms with Crippen molar-refractivity contribution < 1.29 is 0 Å². The fourth-order valence-corrected chi connectivity index (χ4v) is 4.19. The molecule has 0 bridgehead atoms. The molecule has 2 aliphatic rings. The van der Waals surface area contributed by atoms with Crippen molar-refractivity contribution in [2.45, 2.75) is 85.6 Å². The van der Waals surface area contributed by atoms with Gasteiger partial charge < -0.3 is 5.32 Å². The molecule has 0 aromatic rings. The van der Waals surface area contributed by atoms with E-state index in [4.69, 9.17) is 0 Å². The van der Waals surface area contributed by atoms with E-state index in [0.29, 0.717) is 5.41 Å². The second-order valence-electron chi connectivity index (χ2n) is 9.62. The zero-order valence-corrected chi connectivity index (χ0v) is 14.8. The Balaban J connectivity index is 1.97. The molecular formula is C19H37N. The lowest BCUT2D eigenvalue weighted by Gasteiger charge is -2.48. The fourth-order valence-electron chi connectivity index (χ4n) is 4.19. The second-order valence-corrected chi connectivity index (χ2v) is 9.62. The van der Waals surface area contributed by atoms with Crippen LogP contribution in [0, 0.1) is 29.1 Å². The highest BCUT2D eigenvalue weighted by Gasteiger charge is 2.40. The third-order valence-electron chi connectivity index (χ3n) is 5.92. The van der Waals surface area contributed by atoms with E-state index in [9.17, 15) is 0 Å². The van der Waals surface area contributed by atoms with E-state index >= 15 is 0 Å². The molecule has 118 valence electrons. The molecule has 0 heterocycles. The molecule has 2 fully saturated rings. The van der Waals surface area contributed by atoms with Crippen molar-refractivity contribution in [2.75, 3.05) is 6.54 Å². The average Bonchev–Trinajstić information content (AvgIpc) is 2.22. The molecule has 0 spiro atoms. The molecule has 0 radical (unpaired) electrons. The van der Waals surface area contributed by atoms with E-state index in [1.165, 1.54) is 45.1 Å². The van der Waals surface area contributed by atoms with Gasteiger partial charge in [0.2, 0.25) is 0 Å². The molecule has 1 nitrogen and oxygen atoms in total. The van der Waals surface area contributed by atoms with Gasteiger partial charge in [0.15, 0.2) is 0 Å². The first-order valence-corrected chi connectivity index (χ1v) is 8.92. The molecule has 1 heteroatoms. The van der Waals surface area contributed by atoms with Crippen molar-refractivity contribution >= 4 is 0 Å². The molecular weight excluding hydrogens is 242 g/mol. The Morgan fingerprint density at radius 2 is 1.55 bits per heavy atom. The first-order valence-electron chi connectivity index (χ1n) is 8.92. The van der Waals surface area contributed by atoms with Crippen LogP contribution in [0.3, 0.4) is 0 Å². The number of hydrogen-bond donors (Lipinski definition) is 1. The summed E-state index contributed by atoms with van der Waals surface area (Å²) in [6.45, 7) is 15.5. The molecule has 3 unspecified atom stereocenters. The van der Waals surface area contributed by atoms with Crippen molar-refractivity contribution in [1.29, 1.82) is 0 Å². The van der Waals surface area contributed by atoms with Gasteiger partial charge in [-0.2, -0.15) is 0 Å². The van der Waals surface area contributed by atoms with E-state index in [1.54, 1.807) is 0 Å². The quantitative estimate of drug-likeness (QED) is 0.743. The van der Waals surface area contributed by atoms with E-state index in [1.807, 2.05) is 0 Å². The van der Waals surface area contributed by atoms with Crippen LogP contribution in [0.1, 0.15) is 80.1 Å². The molecule has 20 heavy (non-hydrogen) atoms. The van der Waals surface area contributed by atoms with Crippen LogP contribution in [0.4, 0.5) is 0 Å². The van der Waals surface area contributed by atoms with Gasteiger partial charge in [0.25, 0.3) is 0 Å².